The molecular formula is C20H25NO5S. The zero-order chi connectivity index (χ0) is 19.7. The summed E-state index contributed by atoms with van der Waals surface area (Å²) in [4.78, 5) is 12.1. The highest BCUT2D eigenvalue weighted by Gasteiger charge is 2.17. The number of hydrogen-bond acceptors (Lipinski definition) is 5. The molecule has 0 aliphatic carbocycles. The Morgan fingerprint density at radius 2 is 1.78 bits per heavy atom. The molecule has 0 aliphatic heterocycles. The van der Waals surface area contributed by atoms with Crippen molar-refractivity contribution in [3.05, 3.63) is 59.7 Å². The second kappa shape index (κ2) is 9.97. The van der Waals surface area contributed by atoms with Gasteiger partial charge in [-0.2, -0.15) is 0 Å². The van der Waals surface area contributed by atoms with Crippen molar-refractivity contribution in [2.75, 3.05) is 25.7 Å². The Kier molecular flexibility index (Phi) is 7.67. The first-order valence-electron chi connectivity index (χ1n) is 8.65. The molecule has 6 nitrogen and oxygen atoms in total. The van der Waals surface area contributed by atoms with E-state index < -0.39 is 21.5 Å². The summed E-state index contributed by atoms with van der Waals surface area (Å²) < 4.78 is 34.7. The summed E-state index contributed by atoms with van der Waals surface area (Å²) in [5.41, 5.74) is 1.80. The zero-order valence-corrected chi connectivity index (χ0v) is 16.4. The SMILES string of the molecule is COc1ccc(OC)c(CNC(=O)CS(=O)(=O)CCCc2ccccc2)c1. The van der Waals surface area contributed by atoms with Crippen LogP contribution in [0.4, 0.5) is 0 Å². The molecule has 0 aromatic heterocycles. The predicted molar refractivity (Wildman–Crippen MR) is 105 cm³/mol. The molecular weight excluding hydrogens is 366 g/mol. The van der Waals surface area contributed by atoms with E-state index in [1.54, 1.807) is 25.3 Å². The van der Waals surface area contributed by atoms with Crippen molar-refractivity contribution >= 4 is 15.7 Å². The largest absolute Gasteiger partial charge is 0.497 e. The van der Waals surface area contributed by atoms with Crippen molar-refractivity contribution in [2.45, 2.75) is 19.4 Å². The van der Waals surface area contributed by atoms with E-state index in [1.165, 1.54) is 7.11 Å². The van der Waals surface area contributed by atoms with Crippen LogP contribution < -0.4 is 14.8 Å². The minimum Gasteiger partial charge on any atom is -0.497 e. The van der Waals surface area contributed by atoms with E-state index in [1.807, 2.05) is 30.3 Å². The van der Waals surface area contributed by atoms with Crippen molar-refractivity contribution in [3.8, 4) is 11.5 Å². The van der Waals surface area contributed by atoms with Gasteiger partial charge >= 0.3 is 0 Å². The number of aryl methyl sites for hydroxylation is 1. The molecule has 27 heavy (non-hydrogen) atoms. The molecule has 0 unspecified atom stereocenters. The van der Waals surface area contributed by atoms with Gasteiger partial charge in [0.25, 0.3) is 0 Å². The number of hydrogen-bond donors (Lipinski definition) is 1. The quantitative estimate of drug-likeness (QED) is 0.672. The monoisotopic (exact) mass is 391 g/mol. The van der Waals surface area contributed by atoms with E-state index in [2.05, 4.69) is 5.32 Å². The molecule has 0 bridgehead atoms. The highest BCUT2D eigenvalue weighted by Crippen LogP contribution is 2.23. The van der Waals surface area contributed by atoms with Crippen molar-refractivity contribution in [1.29, 1.82) is 0 Å². The van der Waals surface area contributed by atoms with Crippen LogP contribution in [0.5, 0.6) is 11.5 Å². The maximum absolute atomic E-state index is 12.2. The Bertz CT molecular complexity index is 850. The lowest BCUT2D eigenvalue weighted by atomic mass is 10.1. The third-order valence-electron chi connectivity index (χ3n) is 4.08. The van der Waals surface area contributed by atoms with Crippen molar-refractivity contribution in [3.63, 3.8) is 0 Å². The zero-order valence-electron chi connectivity index (χ0n) is 15.6. The van der Waals surface area contributed by atoms with Gasteiger partial charge < -0.3 is 14.8 Å². The molecule has 2 aromatic carbocycles. The summed E-state index contributed by atoms with van der Waals surface area (Å²) in [5.74, 6) is 0.168. The molecule has 0 aliphatic rings. The molecule has 0 radical (unpaired) electrons. The molecule has 1 N–H and O–H groups in total. The first-order chi connectivity index (χ1) is 12.9. The lowest BCUT2D eigenvalue weighted by Crippen LogP contribution is -2.31. The third-order valence-corrected chi connectivity index (χ3v) is 5.69. The Morgan fingerprint density at radius 3 is 2.44 bits per heavy atom. The highest BCUT2D eigenvalue weighted by molar-refractivity contribution is 7.92. The van der Waals surface area contributed by atoms with Gasteiger partial charge in [0, 0.05) is 12.1 Å². The first kappa shape index (κ1) is 20.8. The van der Waals surface area contributed by atoms with Crippen LogP contribution in [0.3, 0.4) is 0 Å². The van der Waals surface area contributed by atoms with E-state index in [9.17, 15) is 13.2 Å². The number of ether oxygens (including phenoxy) is 2. The lowest BCUT2D eigenvalue weighted by molar-refractivity contribution is -0.118. The Hall–Kier alpha value is -2.54. The first-order valence-corrected chi connectivity index (χ1v) is 10.5. The molecule has 0 saturated carbocycles. The van der Waals surface area contributed by atoms with E-state index in [-0.39, 0.29) is 12.3 Å². The maximum Gasteiger partial charge on any atom is 0.235 e. The van der Waals surface area contributed by atoms with Crippen LogP contribution in [0.2, 0.25) is 0 Å². The Labute approximate surface area is 160 Å². The van der Waals surface area contributed by atoms with Crippen LogP contribution >= 0.6 is 0 Å². The summed E-state index contributed by atoms with van der Waals surface area (Å²) in [5, 5.41) is 2.64. The van der Waals surface area contributed by atoms with E-state index in [0.717, 1.165) is 5.56 Å². The molecule has 2 rings (SSSR count). The van der Waals surface area contributed by atoms with Gasteiger partial charge in [0.2, 0.25) is 5.91 Å². The van der Waals surface area contributed by atoms with E-state index in [4.69, 9.17) is 9.47 Å². The van der Waals surface area contributed by atoms with Crippen LogP contribution in [0.25, 0.3) is 0 Å². The fourth-order valence-electron chi connectivity index (χ4n) is 2.68. The van der Waals surface area contributed by atoms with Crippen molar-refractivity contribution in [1.82, 2.24) is 5.32 Å². The molecule has 0 atom stereocenters. The second-order valence-corrected chi connectivity index (χ2v) is 8.32. The number of methoxy groups -OCH3 is 2. The Balaban J connectivity index is 1.83. The average Bonchev–Trinajstić information content (AvgIpc) is 2.66. The van der Waals surface area contributed by atoms with Gasteiger partial charge in [-0.15, -0.1) is 0 Å². The number of rotatable bonds is 10. The fraction of sp³-hybridized carbons (Fsp3) is 0.350. The molecule has 0 spiro atoms. The predicted octanol–water partition coefficient (Wildman–Crippen LogP) is 2.37. The molecule has 0 saturated heterocycles. The fourth-order valence-corrected chi connectivity index (χ4v) is 3.91. The second-order valence-electron chi connectivity index (χ2n) is 6.14. The van der Waals surface area contributed by atoms with Gasteiger partial charge in [-0.3, -0.25) is 4.79 Å². The molecule has 2 aromatic rings. The molecule has 146 valence electrons. The average molecular weight is 391 g/mol. The van der Waals surface area contributed by atoms with Gasteiger partial charge in [0.15, 0.2) is 9.84 Å². The lowest BCUT2D eigenvalue weighted by Gasteiger charge is -2.11. The number of benzene rings is 2. The number of carbonyl (C=O) groups is 1. The topological polar surface area (TPSA) is 81.7 Å². The molecule has 0 fully saturated rings. The van der Waals surface area contributed by atoms with Crippen molar-refractivity contribution in [2.24, 2.45) is 0 Å². The molecule has 0 heterocycles. The number of carbonyl (C=O) groups excluding carboxylic acids is 1. The summed E-state index contributed by atoms with van der Waals surface area (Å²) in [6.45, 7) is 0.165. The van der Waals surface area contributed by atoms with Gasteiger partial charge in [0.05, 0.1) is 20.0 Å². The van der Waals surface area contributed by atoms with Crippen LogP contribution in [0, 0.1) is 0 Å². The minimum atomic E-state index is -3.45. The third kappa shape index (κ3) is 6.94. The minimum absolute atomic E-state index is 0.0161. The number of nitrogens with one attached hydrogen (secondary N) is 1. The highest BCUT2D eigenvalue weighted by atomic mass is 32.2. The van der Waals surface area contributed by atoms with Crippen molar-refractivity contribution < 1.29 is 22.7 Å². The standard InChI is InChI=1S/C20H25NO5S/c1-25-18-10-11-19(26-2)17(13-18)14-21-20(22)15-27(23,24)12-6-9-16-7-4-3-5-8-16/h3-5,7-8,10-11,13H,6,9,12,14-15H2,1-2H3,(H,21,22). The van der Waals surface area contributed by atoms with Gasteiger partial charge in [-0.25, -0.2) is 8.42 Å². The van der Waals surface area contributed by atoms with Gasteiger partial charge in [-0.1, -0.05) is 30.3 Å². The summed E-state index contributed by atoms with van der Waals surface area (Å²) in [6.07, 6.45) is 1.16. The smallest absolute Gasteiger partial charge is 0.235 e. The van der Waals surface area contributed by atoms with E-state index >= 15 is 0 Å². The summed E-state index contributed by atoms with van der Waals surface area (Å²) in [6, 6.07) is 14.9. The Morgan fingerprint density at radius 1 is 1.04 bits per heavy atom. The van der Waals surface area contributed by atoms with Crippen LogP contribution in [-0.2, 0) is 27.6 Å². The van der Waals surface area contributed by atoms with Crippen LogP contribution in [0.15, 0.2) is 48.5 Å². The van der Waals surface area contributed by atoms with Gasteiger partial charge in [-0.05, 0) is 36.6 Å². The molecule has 1 amide bonds. The van der Waals surface area contributed by atoms with Gasteiger partial charge in [0.1, 0.15) is 17.3 Å². The van der Waals surface area contributed by atoms with Crippen LogP contribution in [0.1, 0.15) is 17.5 Å². The molecule has 7 heteroatoms. The number of sulfone groups is 1. The van der Waals surface area contributed by atoms with E-state index in [0.29, 0.717) is 29.9 Å². The summed E-state index contributed by atoms with van der Waals surface area (Å²) in [7, 11) is -0.372. The summed E-state index contributed by atoms with van der Waals surface area (Å²) >= 11 is 0. The van der Waals surface area contributed by atoms with Crippen LogP contribution in [-0.4, -0.2) is 40.1 Å². The maximum atomic E-state index is 12.2. The normalized spacial score (nSPS) is 11.0. The number of amides is 1.